The zero-order valence-electron chi connectivity index (χ0n) is 17.2. The molecule has 0 bridgehead atoms. The highest BCUT2D eigenvalue weighted by molar-refractivity contribution is 7.10. The fraction of sp³-hybridized carbons (Fsp3) is 0.480. The molecule has 0 saturated heterocycles. The molecular formula is C25H30O2S. The zero-order valence-corrected chi connectivity index (χ0v) is 18.0. The van der Waals surface area contributed by atoms with Gasteiger partial charge in [0.1, 0.15) is 11.0 Å². The molecule has 3 heteroatoms. The lowest BCUT2D eigenvalue weighted by Gasteiger charge is -2.30. The number of carbonyl (C=O) groups is 1. The van der Waals surface area contributed by atoms with Gasteiger partial charge in [0, 0.05) is 10.8 Å². The van der Waals surface area contributed by atoms with Gasteiger partial charge in [0.15, 0.2) is 0 Å². The average molecular weight is 395 g/mol. The van der Waals surface area contributed by atoms with Crippen molar-refractivity contribution in [2.75, 3.05) is 0 Å². The number of benzene rings is 1. The molecule has 0 unspecified atom stereocenters. The number of esters is 1. The number of thiophene rings is 1. The number of rotatable bonds is 4. The van der Waals surface area contributed by atoms with Crippen LogP contribution in [0, 0.1) is 17.8 Å². The maximum atomic E-state index is 12.9. The molecule has 1 fully saturated rings. The minimum Gasteiger partial charge on any atom is -0.460 e. The Morgan fingerprint density at radius 2 is 1.79 bits per heavy atom. The molecule has 28 heavy (non-hydrogen) atoms. The number of ether oxygens (including phenoxy) is 1. The van der Waals surface area contributed by atoms with Crippen LogP contribution in [0.4, 0.5) is 0 Å². The Bertz CT molecular complexity index is 815. The van der Waals surface area contributed by atoms with E-state index in [4.69, 9.17) is 4.74 Å². The van der Waals surface area contributed by atoms with Crippen molar-refractivity contribution in [3.8, 4) is 11.8 Å². The van der Waals surface area contributed by atoms with E-state index in [2.05, 4.69) is 35.4 Å². The van der Waals surface area contributed by atoms with E-state index in [1.807, 2.05) is 45.0 Å². The second-order valence-electron chi connectivity index (χ2n) is 8.62. The predicted molar refractivity (Wildman–Crippen MR) is 116 cm³/mol. The van der Waals surface area contributed by atoms with Gasteiger partial charge in [0.25, 0.3) is 0 Å². The lowest BCUT2D eigenvalue weighted by atomic mass is 9.76. The van der Waals surface area contributed by atoms with Crippen LogP contribution in [0.15, 0.2) is 47.8 Å². The van der Waals surface area contributed by atoms with Crippen LogP contribution in [0.1, 0.15) is 69.7 Å². The fourth-order valence-corrected chi connectivity index (χ4v) is 4.72. The van der Waals surface area contributed by atoms with Crippen LogP contribution >= 0.6 is 11.3 Å². The summed E-state index contributed by atoms with van der Waals surface area (Å²) < 4.78 is 5.70. The van der Waals surface area contributed by atoms with E-state index in [1.54, 1.807) is 11.3 Å². The lowest BCUT2D eigenvalue weighted by Crippen LogP contribution is -2.33. The quantitative estimate of drug-likeness (QED) is 0.446. The molecule has 1 saturated carbocycles. The Labute approximate surface area is 173 Å². The second kappa shape index (κ2) is 8.97. The first-order chi connectivity index (χ1) is 13.4. The van der Waals surface area contributed by atoms with Gasteiger partial charge >= 0.3 is 5.97 Å². The summed E-state index contributed by atoms with van der Waals surface area (Å²) in [5.74, 6) is 7.38. The van der Waals surface area contributed by atoms with Crippen molar-refractivity contribution in [3.63, 3.8) is 0 Å². The molecule has 1 heterocycles. The Hall–Kier alpha value is -2.05. The van der Waals surface area contributed by atoms with Crippen LogP contribution in [0.5, 0.6) is 0 Å². The van der Waals surface area contributed by atoms with Gasteiger partial charge in [-0.2, -0.15) is 0 Å². The minimum absolute atomic E-state index is 0.206. The van der Waals surface area contributed by atoms with E-state index in [0.717, 1.165) is 23.3 Å². The van der Waals surface area contributed by atoms with Gasteiger partial charge in [-0.3, -0.25) is 4.79 Å². The summed E-state index contributed by atoms with van der Waals surface area (Å²) in [6.45, 7) is 5.73. The van der Waals surface area contributed by atoms with Crippen molar-refractivity contribution in [1.29, 1.82) is 0 Å². The number of carbonyl (C=O) groups excluding carboxylic acids is 1. The molecule has 1 aliphatic carbocycles. The van der Waals surface area contributed by atoms with Crippen LogP contribution in [0.3, 0.4) is 0 Å². The normalized spacial score (nSPS) is 17.2. The van der Waals surface area contributed by atoms with Crippen molar-refractivity contribution in [2.45, 2.75) is 70.3 Å². The molecule has 2 nitrogen and oxygen atoms in total. The van der Waals surface area contributed by atoms with Crippen molar-refractivity contribution in [1.82, 2.24) is 0 Å². The first-order valence-electron chi connectivity index (χ1n) is 10.2. The van der Waals surface area contributed by atoms with Gasteiger partial charge in [-0.05, 0) is 50.6 Å². The molecule has 0 amide bonds. The molecule has 2 aromatic rings. The highest BCUT2D eigenvalue weighted by Gasteiger charge is 2.38. The van der Waals surface area contributed by atoms with E-state index >= 15 is 0 Å². The first kappa shape index (κ1) is 20.7. The van der Waals surface area contributed by atoms with Gasteiger partial charge in [-0.15, -0.1) is 11.3 Å². The Kier molecular flexibility index (Phi) is 6.62. The van der Waals surface area contributed by atoms with Crippen LogP contribution in [-0.2, 0) is 14.9 Å². The van der Waals surface area contributed by atoms with Gasteiger partial charge < -0.3 is 4.74 Å². The van der Waals surface area contributed by atoms with E-state index in [-0.39, 0.29) is 12.4 Å². The standard InChI is InChI=1S/C25H30O2S/c1-24(2,3)27-23(26)19-25(22-15-10-18-28-22,21-13-8-5-9-14-21)17-16-20-11-6-4-7-12-20/h5,8-10,13-15,18,20H,4,6-7,11-12,19H2,1-3H3/t25-/m1/s1. The second-order valence-corrected chi connectivity index (χ2v) is 9.56. The van der Waals surface area contributed by atoms with Crippen LogP contribution < -0.4 is 0 Å². The van der Waals surface area contributed by atoms with Crippen molar-refractivity contribution < 1.29 is 9.53 Å². The zero-order chi connectivity index (χ0) is 20.0. The summed E-state index contributed by atoms with van der Waals surface area (Å²) in [7, 11) is 0. The van der Waals surface area contributed by atoms with Crippen molar-refractivity contribution in [2.24, 2.45) is 5.92 Å². The smallest absolute Gasteiger partial charge is 0.308 e. The molecule has 0 N–H and O–H groups in total. The third-order valence-corrected chi connectivity index (χ3v) is 6.16. The SMILES string of the molecule is CC(C)(C)OC(=O)C[C@](C#CC1CCCCC1)(c1ccccc1)c1cccs1. The maximum absolute atomic E-state index is 12.9. The summed E-state index contributed by atoms with van der Waals surface area (Å²) in [4.78, 5) is 14.0. The molecule has 1 aromatic carbocycles. The Morgan fingerprint density at radius 1 is 1.07 bits per heavy atom. The monoisotopic (exact) mass is 394 g/mol. The van der Waals surface area contributed by atoms with E-state index in [0.29, 0.717) is 5.92 Å². The van der Waals surface area contributed by atoms with Gasteiger partial charge in [-0.1, -0.05) is 67.5 Å². The number of hydrogen-bond donors (Lipinski definition) is 0. The van der Waals surface area contributed by atoms with Crippen molar-refractivity contribution in [3.05, 3.63) is 58.3 Å². The maximum Gasteiger partial charge on any atom is 0.308 e. The summed E-state index contributed by atoms with van der Waals surface area (Å²) in [5.41, 5.74) is -0.104. The average Bonchev–Trinajstić information content (AvgIpc) is 3.20. The molecule has 1 aromatic heterocycles. The molecule has 1 aliphatic rings. The Morgan fingerprint density at radius 3 is 2.39 bits per heavy atom. The predicted octanol–water partition coefficient (Wildman–Crippen LogP) is 6.35. The van der Waals surface area contributed by atoms with Crippen LogP contribution in [0.25, 0.3) is 0 Å². The topological polar surface area (TPSA) is 26.3 Å². The third kappa shape index (κ3) is 5.26. The van der Waals surface area contributed by atoms with E-state index in [9.17, 15) is 4.79 Å². The summed E-state index contributed by atoms with van der Waals surface area (Å²) in [6, 6.07) is 14.3. The molecule has 0 aliphatic heterocycles. The largest absolute Gasteiger partial charge is 0.460 e. The highest BCUT2D eigenvalue weighted by Crippen LogP contribution is 2.39. The highest BCUT2D eigenvalue weighted by atomic mass is 32.1. The van der Waals surface area contributed by atoms with Gasteiger partial charge in [0.2, 0.25) is 0 Å². The summed E-state index contributed by atoms with van der Waals surface area (Å²) >= 11 is 1.66. The minimum atomic E-state index is -0.658. The third-order valence-electron chi connectivity index (χ3n) is 5.13. The summed E-state index contributed by atoms with van der Waals surface area (Å²) in [5, 5.41) is 2.06. The van der Waals surface area contributed by atoms with E-state index < -0.39 is 11.0 Å². The molecule has 1 atom stereocenters. The molecule has 0 spiro atoms. The summed E-state index contributed by atoms with van der Waals surface area (Å²) in [6.07, 6.45) is 6.37. The Balaban J connectivity index is 2.04. The molecular weight excluding hydrogens is 364 g/mol. The van der Waals surface area contributed by atoms with E-state index in [1.165, 1.54) is 19.3 Å². The van der Waals surface area contributed by atoms with Gasteiger partial charge in [0.05, 0.1) is 6.42 Å². The fourth-order valence-electron chi connectivity index (χ4n) is 3.82. The molecule has 3 rings (SSSR count). The van der Waals surface area contributed by atoms with Crippen LogP contribution in [0.2, 0.25) is 0 Å². The van der Waals surface area contributed by atoms with Gasteiger partial charge in [-0.25, -0.2) is 0 Å². The number of hydrogen-bond acceptors (Lipinski definition) is 3. The first-order valence-corrected chi connectivity index (χ1v) is 11.1. The molecule has 148 valence electrons. The molecule has 0 radical (unpaired) electrons. The lowest BCUT2D eigenvalue weighted by molar-refractivity contribution is -0.155. The van der Waals surface area contributed by atoms with Crippen LogP contribution in [-0.4, -0.2) is 11.6 Å². The van der Waals surface area contributed by atoms with Crippen molar-refractivity contribution >= 4 is 17.3 Å².